The standard InChI is InChI=1S/C27H34N4O2/c1-3-21-9-6-7-17-31(21)18-8-16-28-27(32)24-19-26(30-25-11-5-4-10-23(24)25)29-20-12-14-22(33-2)15-13-20/h4-5,10-15,19,21H,3,6-9,16-18H2,1-2H3,(H,28,32)(H,29,30)/t21-/m1/s1. The number of aromatic nitrogens is 1. The number of nitrogens with one attached hydrogen (secondary N) is 2. The van der Waals surface area contributed by atoms with Crippen LogP contribution in [-0.4, -0.2) is 48.6 Å². The summed E-state index contributed by atoms with van der Waals surface area (Å²) in [5.74, 6) is 1.38. The minimum Gasteiger partial charge on any atom is -0.497 e. The first kappa shape index (κ1) is 23.1. The largest absolute Gasteiger partial charge is 0.497 e. The van der Waals surface area contributed by atoms with Gasteiger partial charge in [-0.25, -0.2) is 4.98 Å². The molecule has 2 N–H and O–H groups in total. The summed E-state index contributed by atoms with van der Waals surface area (Å²) < 4.78 is 5.23. The number of pyridine rings is 1. The fourth-order valence-corrected chi connectivity index (χ4v) is 4.65. The Balaban J connectivity index is 1.43. The van der Waals surface area contributed by atoms with Crippen molar-refractivity contribution in [1.29, 1.82) is 0 Å². The van der Waals surface area contributed by atoms with Gasteiger partial charge >= 0.3 is 0 Å². The predicted molar refractivity (Wildman–Crippen MR) is 134 cm³/mol. The maximum Gasteiger partial charge on any atom is 0.252 e. The van der Waals surface area contributed by atoms with Gasteiger partial charge in [-0.15, -0.1) is 0 Å². The zero-order valence-electron chi connectivity index (χ0n) is 19.6. The summed E-state index contributed by atoms with van der Waals surface area (Å²) in [6.45, 7) is 5.17. The van der Waals surface area contributed by atoms with Crippen molar-refractivity contribution in [1.82, 2.24) is 15.2 Å². The summed E-state index contributed by atoms with van der Waals surface area (Å²) in [5, 5.41) is 7.30. The molecule has 0 saturated carbocycles. The summed E-state index contributed by atoms with van der Waals surface area (Å²) in [6.07, 6.45) is 6.10. The average Bonchev–Trinajstić information content (AvgIpc) is 2.86. The Kier molecular flexibility index (Phi) is 7.79. The highest BCUT2D eigenvalue weighted by atomic mass is 16.5. The highest BCUT2D eigenvalue weighted by Gasteiger charge is 2.20. The number of likely N-dealkylation sites (tertiary alicyclic amines) is 1. The molecule has 1 amide bonds. The van der Waals surface area contributed by atoms with Crippen LogP contribution in [0.25, 0.3) is 10.9 Å². The van der Waals surface area contributed by atoms with Crippen LogP contribution in [0.3, 0.4) is 0 Å². The maximum absolute atomic E-state index is 13.1. The molecular weight excluding hydrogens is 412 g/mol. The Bertz CT molecular complexity index is 1070. The number of nitrogens with zero attached hydrogens (tertiary/aromatic N) is 2. The van der Waals surface area contributed by atoms with Gasteiger partial charge in [-0.05, 0) is 68.6 Å². The molecule has 6 nitrogen and oxygen atoms in total. The molecule has 1 aromatic heterocycles. The number of piperidine rings is 1. The van der Waals surface area contributed by atoms with Crippen molar-refractivity contribution in [3.63, 3.8) is 0 Å². The average molecular weight is 447 g/mol. The summed E-state index contributed by atoms with van der Waals surface area (Å²) >= 11 is 0. The van der Waals surface area contributed by atoms with Gasteiger partial charge in [0.2, 0.25) is 0 Å². The first-order chi connectivity index (χ1) is 16.2. The van der Waals surface area contributed by atoms with Crippen molar-refractivity contribution < 1.29 is 9.53 Å². The van der Waals surface area contributed by atoms with Gasteiger partial charge in [0.25, 0.3) is 5.91 Å². The van der Waals surface area contributed by atoms with Crippen molar-refractivity contribution >= 4 is 28.3 Å². The van der Waals surface area contributed by atoms with E-state index in [1.54, 1.807) is 7.11 Å². The minimum absolute atomic E-state index is 0.0583. The number of carbonyl (C=O) groups excluding carboxylic acids is 1. The fourth-order valence-electron chi connectivity index (χ4n) is 4.65. The molecule has 1 fully saturated rings. The van der Waals surface area contributed by atoms with Crippen LogP contribution < -0.4 is 15.4 Å². The Hall–Kier alpha value is -3.12. The molecule has 2 heterocycles. The molecule has 3 aromatic rings. The van der Waals surface area contributed by atoms with E-state index in [4.69, 9.17) is 9.72 Å². The van der Waals surface area contributed by atoms with Crippen molar-refractivity contribution in [3.8, 4) is 5.75 Å². The lowest BCUT2D eigenvalue weighted by Crippen LogP contribution is -2.40. The molecule has 0 unspecified atom stereocenters. The minimum atomic E-state index is -0.0583. The smallest absolute Gasteiger partial charge is 0.252 e. The van der Waals surface area contributed by atoms with Crippen LogP contribution in [0, 0.1) is 0 Å². The fraction of sp³-hybridized carbons (Fsp3) is 0.407. The van der Waals surface area contributed by atoms with Gasteiger partial charge in [-0.1, -0.05) is 31.5 Å². The number of amides is 1. The molecule has 1 saturated heterocycles. The Morgan fingerprint density at radius 3 is 2.76 bits per heavy atom. The van der Waals surface area contributed by atoms with E-state index in [2.05, 4.69) is 22.5 Å². The number of rotatable bonds is 9. The monoisotopic (exact) mass is 446 g/mol. The van der Waals surface area contributed by atoms with E-state index in [9.17, 15) is 4.79 Å². The topological polar surface area (TPSA) is 66.5 Å². The number of methoxy groups -OCH3 is 1. The number of hydrogen-bond donors (Lipinski definition) is 2. The van der Waals surface area contributed by atoms with Gasteiger partial charge < -0.3 is 20.3 Å². The third-order valence-electron chi connectivity index (χ3n) is 6.45. The highest BCUT2D eigenvalue weighted by Crippen LogP contribution is 2.24. The molecule has 0 radical (unpaired) electrons. The molecule has 2 aromatic carbocycles. The van der Waals surface area contributed by atoms with E-state index >= 15 is 0 Å². The number of para-hydroxylation sites is 1. The predicted octanol–water partition coefficient (Wildman–Crippen LogP) is 5.37. The Morgan fingerprint density at radius 2 is 1.97 bits per heavy atom. The maximum atomic E-state index is 13.1. The summed E-state index contributed by atoms with van der Waals surface area (Å²) in [4.78, 5) is 20.4. The third-order valence-corrected chi connectivity index (χ3v) is 6.45. The van der Waals surface area contributed by atoms with E-state index in [1.165, 1.54) is 32.2 Å². The number of anilines is 2. The number of fused-ring (bicyclic) bond motifs is 1. The molecule has 1 atom stereocenters. The molecule has 1 aliphatic heterocycles. The quantitative estimate of drug-likeness (QED) is 0.433. The second-order valence-electron chi connectivity index (χ2n) is 8.63. The highest BCUT2D eigenvalue weighted by molar-refractivity contribution is 6.07. The van der Waals surface area contributed by atoms with E-state index in [-0.39, 0.29) is 5.91 Å². The Morgan fingerprint density at radius 1 is 1.15 bits per heavy atom. The number of hydrogen-bond acceptors (Lipinski definition) is 5. The molecule has 4 rings (SSSR count). The lowest BCUT2D eigenvalue weighted by Gasteiger charge is -2.35. The zero-order valence-corrected chi connectivity index (χ0v) is 19.6. The second kappa shape index (κ2) is 11.1. The number of carbonyl (C=O) groups is 1. The van der Waals surface area contributed by atoms with Gasteiger partial charge in [-0.2, -0.15) is 0 Å². The van der Waals surface area contributed by atoms with Crippen LogP contribution in [0.4, 0.5) is 11.5 Å². The van der Waals surface area contributed by atoms with Gasteiger partial charge in [-0.3, -0.25) is 4.79 Å². The normalized spacial score (nSPS) is 16.5. The first-order valence-electron chi connectivity index (χ1n) is 12.0. The van der Waals surface area contributed by atoms with E-state index in [0.29, 0.717) is 24.0 Å². The Labute approximate surface area is 196 Å². The van der Waals surface area contributed by atoms with E-state index < -0.39 is 0 Å². The van der Waals surface area contributed by atoms with Crippen LogP contribution in [0.2, 0.25) is 0 Å². The SMILES string of the molecule is CC[C@@H]1CCCCN1CCCNC(=O)c1cc(Nc2ccc(OC)cc2)nc2ccccc12. The van der Waals surface area contributed by atoms with Crippen LogP contribution in [-0.2, 0) is 0 Å². The molecule has 174 valence electrons. The lowest BCUT2D eigenvalue weighted by atomic mass is 10.00. The first-order valence-corrected chi connectivity index (χ1v) is 12.0. The lowest BCUT2D eigenvalue weighted by molar-refractivity contribution is 0.0949. The number of ether oxygens (including phenoxy) is 1. The van der Waals surface area contributed by atoms with Crippen molar-refractivity contribution in [3.05, 3.63) is 60.2 Å². The molecule has 33 heavy (non-hydrogen) atoms. The van der Waals surface area contributed by atoms with Crippen molar-refractivity contribution in [2.24, 2.45) is 0 Å². The molecule has 0 bridgehead atoms. The molecule has 1 aliphatic rings. The van der Waals surface area contributed by atoms with Crippen molar-refractivity contribution in [2.75, 3.05) is 32.1 Å². The molecule has 6 heteroatoms. The number of benzene rings is 2. The van der Waals surface area contributed by atoms with Crippen LogP contribution in [0.15, 0.2) is 54.6 Å². The summed E-state index contributed by atoms with van der Waals surface area (Å²) in [7, 11) is 1.65. The zero-order chi connectivity index (χ0) is 23.0. The molecule has 0 aliphatic carbocycles. The van der Waals surface area contributed by atoms with Gasteiger partial charge in [0.1, 0.15) is 11.6 Å². The van der Waals surface area contributed by atoms with Gasteiger partial charge in [0.05, 0.1) is 18.2 Å². The summed E-state index contributed by atoms with van der Waals surface area (Å²) in [5.41, 5.74) is 2.32. The van der Waals surface area contributed by atoms with Crippen LogP contribution >= 0.6 is 0 Å². The van der Waals surface area contributed by atoms with Crippen LogP contribution in [0.5, 0.6) is 5.75 Å². The molecular formula is C27H34N4O2. The second-order valence-corrected chi connectivity index (χ2v) is 8.63. The van der Waals surface area contributed by atoms with Crippen molar-refractivity contribution in [2.45, 2.75) is 45.1 Å². The van der Waals surface area contributed by atoms with Gasteiger partial charge in [0, 0.05) is 30.2 Å². The summed E-state index contributed by atoms with van der Waals surface area (Å²) in [6, 6.07) is 17.9. The molecule has 0 spiro atoms. The van der Waals surface area contributed by atoms with Crippen LogP contribution in [0.1, 0.15) is 49.4 Å². The van der Waals surface area contributed by atoms with E-state index in [1.807, 2.05) is 54.6 Å². The van der Waals surface area contributed by atoms with Gasteiger partial charge in [0.15, 0.2) is 0 Å². The third kappa shape index (κ3) is 5.82. The van der Waals surface area contributed by atoms with E-state index in [0.717, 1.165) is 35.3 Å².